The molecule has 2 N–H and O–H groups in total. The monoisotopic (exact) mass is 432 g/mol. The van der Waals surface area contributed by atoms with Crippen LogP contribution in [0, 0.1) is 5.82 Å². The lowest BCUT2D eigenvalue weighted by atomic mass is 10.1. The summed E-state index contributed by atoms with van der Waals surface area (Å²) in [4.78, 5) is 7.75. The van der Waals surface area contributed by atoms with Crippen molar-refractivity contribution in [2.75, 3.05) is 10.6 Å². The molecule has 3 aromatic rings. The maximum atomic E-state index is 13.4. The van der Waals surface area contributed by atoms with E-state index in [1.165, 1.54) is 37.1 Å². The molecule has 1 heterocycles. The fourth-order valence-electron chi connectivity index (χ4n) is 3.05. The van der Waals surface area contributed by atoms with E-state index in [2.05, 4.69) is 27.5 Å². The van der Waals surface area contributed by atoms with Crippen molar-refractivity contribution in [3.05, 3.63) is 71.7 Å². The summed E-state index contributed by atoms with van der Waals surface area (Å²) in [6, 6.07) is 12.6. The van der Waals surface area contributed by atoms with Gasteiger partial charge in [0.05, 0.1) is 0 Å². The molecule has 0 aliphatic heterocycles. The predicted octanol–water partition coefficient (Wildman–Crippen LogP) is 7.24. The maximum absolute atomic E-state index is 13.4. The van der Waals surface area contributed by atoms with Crippen molar-refractivity contribution in [2.24, 2.45) is 0 Å². The van der Waals surface area contributed by atoms with E-state index in [0.717, 1.165) is 31.0 Å². The van der Waals surface area contributed by atoms with E-state index in [1.807, 2.05) is 12.1 Å². The Morgan fingerprint density at radius 2 is 1.48 bits per heavy atom. The summed E-state index contributed by atoms with van der Waals surface area (Å²) < 4.78 is 53.4. The number of anilines is 4. The van der Waals surface area contributed by atoms with Crippen LogP contribution in [0.2, 0.25) is 0 Å². The predicted molar refractivity (Wildman–Crippen MR) is 114 cm³/mol. The second-order valence-electron chi connectivity index (χ2n) is 7.22. The van der Waals surface area contributed by atoms with E-state index < -0.39 is 17.6 Å². The van der Waals surface area contributed by atoms with Crippen molar-refractivity contribution < 1.29 is 17.6 Å². The molecule has 2 aromatic carbocycles. The highest BCUT2D eigenvalue weighted by Gasteiger charge is 2.35. The number of unbranched alkanes of at least 4 members (excludes halogenated alkanes) is 3. The molecule has 0 fully saturated rings. The minimum atomic E-state index is -4.62. The lowest BCUT2D eigenvalue weighted by Crippen LogP contribution is -2.12. The molecule has 0 saturated heterocycles. The van der Waals surface area contributed by atoms with E-state index in [4.69, 9.17) is 0 Å². The quantitative estimate of drug-likeness (QED) is 0.276. The van der Waals surface area contributed by atoms with Gasteiger partial charge in [0.1, 0.15) is 17.2 Å². The highest BCUT2D eigenvalue weighted by atomic mass is 19.4. The van der Waals surface area contributed by atoms with Crippen molar-refractivity contribution in [3.63, 3.8) is 0 Å². The maximum Gasteiger partial charge on any atom is 0.421 e. The summed E-state index contributed by atoms with van der Waals surface area (Å²) in [5, 5.41) is 5.53. The molecule has 8 heteroatoms. The summed E-state index contributed by atoms with van der Waals surface area (Å²) >= 11 is 0. The van der Waals surface area contributed by atoms with Crippen molar-refractivity contribution in [2.45, 2.75) is 45.2 Å². The third kappa shape index (κ3) is 6.67. The molecule has 0 unspecified atom stereocenters. The number of alkyl halides is 3. The molecule has 0 aliphatic carbocycles. The molecule has 0 spiro atoms. The first-order valence-corrected chi connectivity index (χ1v) is 10.2. The number of aromatic nitrogens is 2. The van der Waals surface area contributed by atoms with Gasteiger partial charge in [0.25, 0.3) is 0 Å². The topological polar surface area (TPSA) is 49.8 Å². The van der Waals surface area contributed by atoms with Crippen molar-refractivity contribution in [3.8, 4) is 0 Å². The lowest BCUT2D eigenvalue weighted by molar-refractivity contribution is -0.137. The Balaban J connectivity index is 1.77. The van der Waals surface area contributed by atoms with E-state index in [0.29, 0.717) is 11.4 Å². The molecular formula is C23H24F4N4. The molecule has 0 atom stereocenters. The lowest BCUT2D eigenvalue weighted by Gasteiger charge is -2.15. The van der Waals surface area contributed by atoms with Gasteiger partial charge in [-0.2, -0.15) is 18.2 Å². The Morgan fingerprint density at radius 1 is 0.839 bits per heavy atom. The van der Waals surface area contributed by atoms with Gasteiger partial charge in [0.2, 0.25) is 5.95 Å². The summed E-state index contributed by atoms with van der Waals surface area (Å²) in [5.41, 5.74) is 1.12. The summed E-state index contributed by atoms with van der Waals surface area (Å²) in [5.74, 6) is -0.812. The SMILES string of the molecule is CCCCCCc1ccc(Nc2nc(Nc3ccc(F)cc3)ncc2C(F)(F)F)cc1. The van der Waals surface area contributed by atoms with Gasteiger partial charge in [-0.3, -0.25) is 0 Å². The zero-order chi connectivity index (χ0) is 22.3. The normalized spacial score (nSPS) is 11.4. The molecule has 1 aromatic heterocycles. The Bertz CT molecular complexity index is 970. The van der Waals surface area contributed by atoms with Crippen molar-refractivity contribution in [1.29, 1.82) is 0 Å². The van der Waals surface area contributed by atoms with Gasteiger partial charge in [-0.1, -0.05) is 38.3 Å². The first-order valence-electron chi connectivity index (χ1n) is 10.2. The molecular weight excluding hydrogens is 408 g/mol. The van der Waals surface area contributed by atoms with Gasteiger partial charge in [-0.05, 0) is 54.8 Å². The second kappa shape index (κ2) is 10.2. The van der Waals surface area contributed by atoms with Gasteiger partial charge >= 0.3 is 6.18 Å². The van der Waals surface area contributed by atoms with E-state index in [1.54, 1.807) is 12.1 Å². The van der Waals surface area contributed by atoms with E-state index in [9.17, 15) is 17.6 Å². The fourth-order valence-corrected chi connectivity index (χ4v) is 3.05. The first kappa shape index (κ1) is 22.5. The summed E-state index contributed by atoms with van der Waals surface area (Å²) in [6.07, 6.45) is 1.66. The van der Waals surface area contributed by atoms with Crippen LogP contribution in [0.4, 0.5) is 40.7 Å². The standard InChI is InChI=1S/C23H24F4N4/c1-2-3-4-5-6-16-7-11-18(12-8-16)29-21-20(23(25,26)27)15-28-22(31-21)30-19-13-9-17(24)10-14-19/h7-15H,2-6H2,1H3,(H2,28,29,30,31). The van der Waals surface area contributed by atoms with Gasteiger partial charge in [-0.15, -0.1) is 0 Å². The van der Waals surface area contributed by atoms with Crippen LogP contribution < -0.4 is 10.6 Å². The molecule has 4 nitrogen and oxygen atoms in total. The van der Waals surface area contributed by atoms with Crippen molar-refractivity contribution in [1.82, 2.24) is 9.97 Å². The van der Waals surface area contributed by atoms with Gasteiger partial charge in [-0.25, -0.2) is 9.37 Å². The third-order valence-electron chi connectivity index (χ3n) is 4.73. The average Bonchev–Trinajstić information content (AvgIpc) is 2.73. The number of hydrogen-bond donors (Lipinski definition) is 2. The van der Waals surface area contributed by atoms with Gasteiger partial charge < -0.3 is 10.6 Å². The molecule has 31 heavy (non-hydrogen) atoms. The van der Waals surface area contributed by atoms with Crippen LogP contribution in [0.15, 0.2) is 54.7 Å². The zero-order valence-corrected chi connectivity index (χ0v) is 17.1. The van der Waals surface area contributed by atoms with Crippen LogP contribution in [0.25, 0.3) is 0 Å². The average molecular weight is 432 g/mol. The van der Waals surface area contributed by atoms with Gasteiger partial charge in [0, 0.05) is 17.6 Å². The minimum absolute atomic E-state index is 0.0327. The number of nitrogens with zero attached hydrogens (tertiary/aromatic N) is 2. The fraction of sp³-hybridized carbons (Fsp3) is 0.304. The van der Waals surface area contributed by atoms with E-state index in [-0.39, 0.29) is 11.8 Å². The number of aryl methyl sites for hydroxylation is 1. The third-order valence-corrected chi connectivity index (χ3v) is 4.73. The number of halogens is 4. The molecule has 0 radical (unpaired) electrons. The zero-order valence-electron chi connectivity index (χ0n) is 17.1. The van der Waals surface area contributed by atoms with Crippen LogP contribution >= 0.6 is 0 Å². The Labute approximate surface area is 178 Å². The van der Waals surface area contributed by atoms with E-state index >= 15 is 0 Å². The van der Waals surface area contributed by atoms with Gasteiger partial charge in [0.15, 0.2) is 0 Å². The van der Waals surface area contributed by atoms with Crippen LogP contribution in [0.3, 0.4) is 0 Å². The molecule has 0 aliphatic rings. The largest absolute Gasteiger partial charge is 0.421 e. The molecule has 0 bridgehead atoms. The Hall–Kier alpha value is -3.16. The second-order valence-corrected chi connectivity index (χ2v) is 7.22. The molecule has 164 valence electrons. The van der Waals surface area contributed by atoms with Crippen LogP contribution in [-0.2, 0) is 12.6 Å². The van der Waals surface area contributed by atoms with Crippen LogP contribution in [-0.4, -0.2) is 9.97 Å². The molecule has 0 amide bonds. The number of benzene rings is 2. The minimum Gasteiger partial charge on any atom is -0.340 e. The van der Waals surface area contributed by atoms with Crippen molar-refractivity contribution >= 4 is 23.1 Å². The first-order chi connectivity index (χ1) is 14.8. The van der Waals surface area contributed by atoms with Crippen LogP contribution in [0.5, 0.6) is 0 Å². The molecule has 3 rings (SSSR count). The Kier molecular flexibility index (Phi) is 7.44. The number of nitrogens with one attached hydrogen (secondary N) is 2. The summed E-state index contributed by atoms with van der Waals surface area (Å²) in [6.45, 7) is 2.16. The smallest absolute Gasteiger partial charge is 0.340 e. The highest BCUT2D eigenvalue weighted by Crippen LogP contribution is 2.35. The Morgan fingerprint density at radius 3 is 2.13 bits per heavy atom. The summed E-state index contributed by atoms with van der Waals surface area (Å²) in [7, 11) is 0. The number of rotatable bonds is 9. The number of hydrogen-bond acceptors (Lipinski definition) is 4. The highest BCUT2D eigenvalue weighted by molar-refractivity contribution is 5.63. The molecule has 0 saturated carbocycles. The van der Waals surface area contributed by atoms with Crippen LogP contribution in [0.1, 0.15) is 43.7 Å².